The lowest BCUT2D eigenvalue weighted by Crippen LogP contribution is -2.36. The van der Waals surface area contributed by atoms with Crippen LogP contribution in [0, 0.1) is 5.82 Å². The van der Waals surface area contributed by atoms with Crippen molar-refractivity contribution in [3.05, 3.63) is 29.6 Å². The van der Waals surface area contributed by atoms with Crippen molar-refractivity contribution in [3.8, 4) is 5.75 Å². The van der Waals surface area contributed by atoms with Crippen LogP contribution in [0.4, 0.5) is 4.39 Å². The van der Waals surface area contributed by atoms with E-state index in [4.69, 9.17) is 4.74 Å². The molecule has 112 valence electrons. The molecule has 1 aromatic rings. The van der Waals surface area contributed by atoms with Crippen LogP contribution in [0.5, 0.6) is 5.75 Å². The highest BCUT2D eigenvalue weighted by Gasteiger charge is 2.14. The molecule has 0 bridgehead atoms. The first-order valence-electron chi connectivity index (χ1n) is 6.89. The van der Waals surface area contributed by atoms with Gasteiger partial charge in [-0.05, 0) is 31.5 Å². The Labute approximate surface area is 119 Å². The Morgan fingerprint density at radius 3 is 2.60 bits per heavy atom. The molecular formula is C15H23FN2O2. The van der Waals surface area contributed by atoms with Crippen LogP contribution in [-0.2, 0) is 11.3 Å². The van der Waals surface area contributed by atoms with Crippen LogP contribution in [-0.4, -0.2) is 24.6 Å². The van der Waals surface area contributed by atoms with E-state index in [1.54, 1.807) is 13.0 Å². The highest BCUT2D eigenvalue weighted by molar-refractivity contribution is 5.80. The second kappa shape index (κ2) is 7.85. The third-order valence-corrected chi connectivity index (χ3v) is 2.68. The smallest absolute Gasteiger partial charge is 0.260 e. The Bertz CT molecular complexity index is 449. The first-order valence-corrected chi connectivity index (χ1v) is 6.89. The van der Waals surface area contributed by atoms with Gasteiger partial charge in [-0.25, -0.2) is 4.39 Å². The highest BCUT2D eigenvalue weighted by Crippen LogP contribution is 2.18. The molecule has 0 aliphatic heterocycles. The molecule has 5 heteroatoms. The van der Waals surface area contributed by atoms with Gasteiger partial charge in [0.2, 0.25) is 0 Å². The fraction of sp³-hybridized carbons (Fsp3) is 0.533. The van der Waals surface area contributed by atoms with Gasteiger partial charge < -0.3 is 15.4 Å². The summed E-state index contributed by atoms with van der Waals surface area (Å²) >= 11 is 0. The van der Waals surface area contributed by atoms with Crippen LogP contribution in [0.3, 0.4) is 0 Å². The first-order chi connectivity index (χ1) is 9.42. The van der Waals surface area contributed by atoms with Gasteiger partial charge in [0, 0.05) is 25.2 Å². The molecule has 0 fully saturated rings. The van der Waals surface area contributed by atoms with Gasteiger partial charge in [-0.2, -0.15) is 0 Å². The Morgan fingerprint density at radius 1 is 1.30 bits per heavy atom. The summed E-state index contributed by atoms with van der Waals surface area (Å²) in [6.07, 6.45) is -0.650. The van der Waals surface area contributed by atoms with Crippen molar-refractivity contribution in [3.63, 3.8) is 0 Å². The lowest BCUT2D eigenvalue weighted by molar-refractivity contribution is -0.127. The maximum atomic E-state index is 13.5. The summed E-state index contributed by atoms with van der Waals surface area (Å²) in [5.41, 5.74) is 0.789. The minimum Gasteiger partial charge on any atom is -0.481 e. The third-order valence-electron chi connectivity index (χ3n) is 2.68. The number of amides is 1. The lowest BCUT2D eigenvalue weighted by atomic mass is 10.2. The lowest BCUT2D eigenvalue weighted by Gasteiger charge is -2.15. The van der Waals surface area contributed by atoms with Gasteiger partial charge in [0.15, 0.2) is 6.10 Å². The number of hydrogen-bond acceptors (Lipinski definition) is 3. The van der Waals surface area contributed by atoms with E-state index < -0.39 is 6.10 Å². The van der Waals surface area contributed by atoms with Crippen molar-refractivity contribution in [1.29, 1.82) is 0 Å². The molecule has 1 amide bonds. The average Bonchev–Trinajstić information content (AvgIpc) is 2.36. The van der Waals surface area contributed by atoms with Crippen LogP contribution < -0.4 is 15.4 Å². The van der Waals surface area contributed by atoms with Gasteiger partial charge in [-0.15, -0.1) is 0 Å². The fourth-order valence-corrected chi connectivity index (χ4v) is 1.69. The summed E-state index contributed by atoms with van der Waals surface area (Å²) in [6, 6.07) is 4.80. The molecule has 20 heavy (non-hydrogen) atoms. The van der Waals surface area contributed by atoms with Crippen LogP contribution in [0.25, 0.3) is 0 Å². The zero-order chi connectivity index (χ0) is 15.1. The van der Waals surface area contributed by atoms with E-state index >= 15 is 0 Å². The molecule has 0 aromatic heterocycles. The molecule has 0 saturated carbocycles. The molecule has 0 saturated heterocycles. The largest absolute Gasteiger partial charge is 0.481 e. The number of nitrogens with one attached hydrogen (secondary N) is 2. The van der Waals surface area contributed by atoms with E-state index in [1.165, 1.54) is 12.1 Å². The van der Waals surface area contributed by atoms with Crippen LogP contribution in [0.1, 0.15) is 33.3 Å². The summed E-state index contributed by atoms with van der Waals surface area (Å²) in [4.78, 5) is 11.6. The topological polar surface area (TPSA) is 50.4 Å². The Morgan fingerprint density at radius 2 is 2.00 bits per heavy atom. The second-order valence-electron chi connectivity index (χ2n) is 4.99. The molecule has 0 heterocycles. The number of hydrogen-bond donors (Lipinski definition) is 2. The molecule has 0 radical (unpaired) electrons. The molecule has 0 spiro atoms. The van der Waals surface area contributed by atoms with Crippen LogP contribution in [0.15, 0.2) is 18.2 Å². The SMILES string of the molecule is CCNC(=O)C(C)Oc1cc(F)cc(CNC(C)C)c1. The Balaban J connectivity index is 2.72. The number of ether oxygens (including phenoxy) is 1. The second-order valence-corrected chi connectivity index (χ2v) is 4.99. The predicted molar refractivity (Wildman–Crippen MR) is 77.1 cm³/mol. The van der Waals surface area contributed by atoms with Gasteiger partial charge in [-0.3, -0.25) is 4.79 Å². The van der Waals surface area contributed by atoms with Gasteiger partial charge in [0.05, 0.1) is 0 Å². The zero-order valence-corrected chi connectivity index (χ0v) is 12.5. The summed E-state index contributed by atoms with van der Waals surface area (Å²) in [6.45, 7) is 8.62. The van der Waals surface area contributed by atoms with Crippen molar-refractivity contribution in [2.75, 3.05) is 6.54 Å². The summed E-state index contributed by atoms with van der Waals surface area (Å²) in [7, 11) is 0. The highest BCUT2D eigenvalue weighted by atomic mass is 19.1. The van der Waals surface area contributed by atoms with Gasteiger partial charge in [0.1, 0.15) is 11.6 Å². The predicted octanol–water partition coefficient (Wildman–Crippen LogP) is 2.23. The molecule has 2 N–H and O–H groups in total. The standard InChI is InChI=1S/C15H23FN2O2/c1-5-17-15(19)11(4)20-14-7-12(6-13(16)8-14)9-18-10(2)3/h6-8,10-11,18H,5,9H2,1-4H3,(H,17,19). The van der Waals surface area contributed by atoms with Crippen LogP contribution in [0.2, 0.25) is 0 Å². The summed E-state index contributed by atoms with van der Waals surface area (Å²) < 4.78 is 19.0. The Hall–Kier alpha value is -1.62. The minimum atomic E-state index is -0.650. The fourth-order valence-electron chi connectivity index (χ4n) is 1.69. The molecule has 0 aliphatic rings. The van der Waals surface area contributed by atoms with Crippen LogP contribution >= 0.6 is 0 Å². The first kappa shape index (κ1) is 16.4. The molecule has 1 atom stereocenters. The van der Waals surface area contributed by atoms with E-state index in [-0.39, 0.29) is 11.7 Å². The van der Waals surface area contributed by atoms with Gasteiger partial charge >= 0.3 is 0 Å². The number of carbonyl (C=O) groups excluding carboxylic acids is 1. The van der Waals surface area contributed by atoms with E-state index in [9.17, 15) is 9.18 Å². The minimum absolute atomic E-state index is 0.210. The monoisotopic (exact) mass is 282 g/mol. The molecular weight excluding hydrogens is 259 g/mol. The molecule has 1 aromatic carbocycles. The van der Waals surface area contributed by atoms with E-state index in [0.717, 1.165) is 5.56 Å². The van der Waals surface area contributed by atoms with Crippen molar-refractivity contribution >= 4 is 5.91 Å². The number of benzene rings is 1. The summed E-state index contributed by atoms with van der Waals surface area (Å²) in [5.74, 6) is -0.214. The van der Waals surface area contributed by atoms with Crippen molar-refractivity contribution in [2.24, 2.45) is 0 Å². The van der Waals surface area contributed by atoms with Crippen molar-refractivity contribution in [1.82, 2.24) is 10.6 Å². The quantitative estimate of drug-likeness (QED) is 0.806. The van der Waals surface area contributed by atoms with Gasteiger partial charge in [-0.1, -0.05) is 13.8 Å². The third kappa shape index (κ3) is 5.57. The normalized spacial score (nSPS) is 12.3. The molecule has 0 aliphatic carbocycles. The molecule has 4 nitrogen and oxygen atoms in total. The number of halogens is 1. The molecule has 1 unspecified atom stereocenters. The van der Waals surface area contributed by atoms with E-state index in [1.807, 2.05) is 20.8 Å². The number of rotatable bonds is 7. The molecule has 1 rings (SSSR count). The van der Waals surface area contributed by atoms with E-state index in [2.05, 4.69) is 10.6 Å². The maximum absolute atomic E-state index is 13.5. The maximum Gasteiger partial charge on any atom is 0.260 e. The van der Waals surface area contributed by atoms with Gasteiger partial charge in [0.25, 0.3) is 5.91 Å². The number of likely N-dealkylation sites (N-methyl/N-ethyl adjacent to an activating group) is 1. The van der Waals surface area contributed by atoms with Crippen molar-refractivity contribution in [2.45, 2.75) is 46.4 Å². The summed E-state index contributed by atoms with van der Waals surface area (Å²) in [5, 5.41) is 5.88. The average molecular weight is 282 g/mol. The Kier molecular flexibility index (Phi) is 6.45. The van der Waals surface area contributed by atoms with Crippen molar-refractivity contribution < 1.29 is 13.9 Å². The van der Waals surface area contributed by atoms with E-state index in [0.29, 0.717) is 24.9 Å². The number of carbonyl (C=O) groups is 1. The zero-order valence-electron chi connectivity index (χ0n) is 12.5.